The van der Waals surface area contributed by atoms with Crippen LogP contribution < -0.4 is 10.4 Å². The van der Waals surface area contributed by atoms with Crippen molar-refractivity contribution < 1.29 is 18.3 Å². The summed E-state index contributed by atoms with van der Waals surface area (Å²) in [4.78, 5) is 11.3. The van der Waals surface area contributed by atoms with Gasteiger partial charge in [0, 0.05) is 6.08 Å². The number of hydrogen-bond donors (Lipinski definition) is 0. The zero-order valence-electron chi connectivity index (χ0n) is 15.2. The second-order valence-corrected chi connectivity index (χ2v) is 11.7. The maximum Gasteiger partial charge on any atom is 0.367 e. The number of rotatable bonds is 5. The van der Waals surface area contributed by atoms with Crippen molar-refractivity contribution in [3.8, 4) is 0 Å². The molecule has 2 aromatic rings. The van der Waals surface area contributed by atoms with E-state index < -0.39 is 26.2 Å². The molecule has 1 aliphatic heterocycles. The molecular weight excluding hydrogens is 347 g/mol. The van der Waals surface area contributed by atoms with Crippen molar-refractivity contribution in [2.45, 2.75) is 31.9 Å². The molecule has 136 valence electrons. The average molecular weight is 370 g/mol. The summed E-state index contributed by atoms with van der Waals surface area (Å²) in [5.41, 5.74) is 0. The Morgan fingerprint density at radius 1 is 1.00 bits per heavy atom. The first-order valence-electron chi connectivity index (χ1n) is 8.68. The standard InChI is InChI=1S/C21H23FO3Si/c1-21(2,3)26(17-10-6-4-7-11-17,18-12-8-5-9-13-18)24-15-16-14-19(22)20(23)25-16/h4-14,16H,15H2,1-3H3/t16-/m0/s1. The first-order chi connectivity index (χ1) is 12.3. The van der Waals surface area contributed by atoms with Gasteiger partial charge in [-0.15, -0.1) is 0 Å². The third-order valence-corrected chi connectivity index (χ3v) is 9.67. The second-order valence-electron chi connectivity index (χ2n) is 7.43. The number of carbonyl (C=O) groups is 1. The largest absolute Gasteiger partial charge is 0.450 e. The summed E-state index contributed by atoms with van der Waals surface area (Å²) in [6.45, 7) is 6.62. The third-order valence-electron chi connectivity index (χ3n) is 4.67. The fraction of sp³-hybridized carbons (Fsp3) is 0.286. The van der Waals surface area contributed by atoms with Gasteiger partial charge in [-0.1, -0.05) is 81.4 Å². The summed E-state index contributed by atoms with van der Waals surface area (Å²) in [5, 5.41) is 2.08. The van der Waals surface area contributed by atoms with Gasteiger partial charge >= 0.3 is 5.97 Å². The maximum atomic E-state index is 13.4. The van der Waals surface area contributed by atoms with Crippen LogP contribution >= 0.6 is 0 Å². The smallest absolute Gasteiger partial charge is 0.367 e. The molecule has 0 saturated carbocycles. The van der Waals surface area contributed by atoms with E-state index >= 15 is 0 Å². The van der Waals surface area contributed by atoms with Crippen LogP contribution in [0.5, 0.6) is 0 Å². The zero-order valence-corrected chi connectivity index (χ0v) is 16.2. The SMILES string of the molecule is CC(C)(C)[Si](OC[C@@H]1C=C(F)C(=O)O1)(c1ccccc1)c1ccccc1. The van der Waals surface area contributed by atoms with Gasteiger partial charge < -0.3 is 9.16 Å². The van der Waals surface area contributed by atoms with Crippen LogP contribution in [-0.4, -0.2) is 27.0 Å². The molecule has 5 heteroatoms. The van der Waals surface area contributed by atoms with Crippen molar-refractivity contribution in [1.82, 2.24) is 0 Å². The van der Waals surface area contributed by atoms with Crippen LogP contribution in [0.4, 0.5) is 4.39 Å². The summed E-state index contributed by atoms with van der Waals surface area (Å²) in [7, 11) is -2.70. The Hall–Kier alpha value is -2.24. The lowest BCUT2D eigenvalue weighted by Crippen LogP contribution is -2.67. The fourth-order valence-corrected chi connectivity index (χ4v) is 8.08. The Morgan fingerprint density at radius 2 is 1.50 bits per heavy atom. The van der Waals surface area contributed by atoms with Crippen molar-refractivity contribution in [2.75, 3.05) is 6.61 Å². The molecule has 26 heavy (non-hydrogen) atoms. The zero-order chi connectivity index (χ0) is 18.8. The lowest BCUT2D eigenvalue weighted by Gasteiger charge is -2.43. The molecule has 1 heterocycles. The van der Waals surface area contributed by atoms with Gasteiger partial charge in [0.1, 0.15) is 6.10 Å². The highest BCUT2D eigenvalue weighted by atomic mass is 28.4. The first-order valence-corrected chi connectivity index (χ1v) is 10.6. The van der Waals surface area contributed by atoms with Crippen molar-refractivity contribution >= 4 is 24.7 Å². The highest BCUT2D eigenvalue weighted by Gasteiger charge is 2.50. The van der Waals surface area contributed by atoms with Gasteiger partial charge in [-0.3, -0.25) is 0 Å². The van der Waals surface area contributed by atoms with Gasteiger partial charge in [-0.05, 0) is 15.4 Å². The number of carbonyl (C=O) groups excluding carboxylic acids is 1. The molecule has 0 radical (unpaired) electrons. The van der Waals surface area contributed by atoms with Crippen molar-refractivity contribution in [3.05, 3.63) is 72.6 Å². The van der Waals surface area contributed by atoms with E-state index in [-0.39, 0.29) is 11.6 Å². The minimum Gasteiger partial charge on any atom is -0.450 e. The van der Waals surface area contributed by atoms with Gasteiger partial charge in [0.05, 0.1) is 6.61 Å². The molecule has 1 atom stereocenters. The van der Waals surface area contributed by atoms with Crippen LogP contribution in [0.1, 0.15) is 20.8 Å². The molecule has 0 aliphatic carbocycles. The Labute approximate surface area is 154 Å². The van der Waals surface area contributed by atoms with Crippen LogP contribution in [0.2, 0.25) is 5.04 Å². The molecule has 0 bridgehead atoms. The predicted molar refractivity (Wildman–Crippen MR) is 103 cm³/mol. The summed E-state index contributed by atoms with van der Waals surface area (Å²) >= 11 is 0. The van der Waals surface area contributed by atoms with E-state index in [1.807, 2.05) is 36.4 Å². The van der Waals surface area contributed by atoms with Crippen molar-refractivity contribution in [1.29, 1.82) is 0 Å². The molecule has 0 saturated heterocycles. The first kappa shape index (κ1) is 18.5. The van der Waals surface area contributed by atoms with Crippen LogP contribution in [0.25, 0.3) is 0 Å². The Balaban J connectivity index is 2.05. The molecule has 2 aromatic carbocycles. The number of cyclic esters (lactones) is 1. The topological polar surface area (TPSA) is 35.5 Å². The summed E-state index contributed by atoms with van der Waals surface area (Å²) in [6, 6.07) is 20.3. The van der Waals surface area contributed by atoms with Crippen LogP contribution in [0, 0.1) is 0 Å². The Morgan fingerprint density at radius 3 is 1.88 bits per heavy atom. The monoisotopic (exact) mass is 370 g/mol. The highest BCUT2D eigenvalue weighted by Crippen LogP contribution is 2.37. The van der Waals surface area contributed by atoms with E-state index in [1.165, 1.54) is 6.08 Å². The van der Waals surface area contributed by atoms with Crippen molar-refractivity contribution in [2.24, 2.45) is 0 Å². The molecule has 0 amide bonds. The fourth-order valence-electron chi connectivity index (χ4n) is 3.51. The van der Waals surface area contributed by atoms with Crippen LogP contribution in [0.15, 0.2) is 72.6 Å². The van der Waals surface area contributed by atoms with E-state index in [1.54, 1.807) is 0 Å². The van der Waals surface area contributed by atoms with E-state index in [0.29, 0.717) is 0 Å². The number of esters is 1. The Kier molecular flexibility index (Phi) is 5.12. The van der Waals surface area contributed by atoms with Gasteiger partial charge in [-0.2, -0.15) is 4.39 Å². The molecule has 0 unspecified atom stereocenters. The third kappa shape index (κ3) is 3.37. The highest BCUT2D eigenvalue weighted by molar-refractivity contribution is 6.99. The Bertz CT molecular complexity index is 758. The predicted octanol–water partition coefficient (Wildman–Crippen LogP) is 3.34. The normalized spacial score (nSPS) is 17.8. The minimum absolute atomic E-state index is 0.131. The van der Waals surface area contributed by atoms with E-state index in [0.717, 1.165) is 10.4 Å². The lowest BCUT2D eigenvalue weighted by atomic mass is 10.2. The van der Waals surface area contributed by atoms with Gasteiger partial charge in [0.25, 0.3) is 8.32 Å². The summed E-state index contributed by atoms with van der Waals surface area (Å²) < 4.78 is 25.1. The molecule has 0 N–H and O–H groups in total. The number of halogens is 1. The van der Waals surface area contributed by atoms with Gasteiger partial charge in [-0.25, -0.2) is 4.79 Å². The van der Waals surface area contributed by atoms with Crippen LogP contribution in [-0.2, 0) is 14.0 Å². The minimum atomic E-state index is -2.70. The molecule has 3 nitrogen and oxygen atoms in total. The van der Waals surface area contributed by atoms with E-state index in [2.05, 4.69) is 45.0 Å². The van der Waals surface area contributed by atoms with Gasteiger partial charge in [0.2, 0.25) is 5.83 Å². The van der Waals surface area contributed by atoms with Crippen molar-refractivity contribution in [3.63, 3.8) is 0 Å². The molecule has 0 spiro atoms. The van der Waals surface area contributed by atoms with E-state index in [4.69, 9.17) is 9.16 Å². The quantitative estimate of drug-likeness (QED) is 0.598. The molecule has 1 aliphatic rings. The number of hydrogen-bond acceptors (Lipinski definition) is 3. The van der Waals surface area contributed by atoms with Crippen LogP contribution in [0.3, 0.4) is 0 Å². The number of benzene rings is 2. The maximum absolute atomic E-state index is 13.4. The summed E-state index contributed by atoms with van der Waals surface area (Å²) in [6.07, 6.45) is 0.504. The average Bonchev–Trinajstić information content (AvgIpc) is 2.94. The lowest BCUT2D eigenvalue weighted by molar-refractivity contribution is -0.142. The second kappa shape index (κ2) is 7.17. The molecule has 0 fully saturated rings. The molecular formula is C21H23FO3Si. The van der Waals surface area contributed by atoms with E-state index in [9.17, 15) is 9.18 Å². The summed E-state index contributed by atoms with van der Waals surface area (Å²) in [5.74, 6) is -1.76. The molecule has 3 rings (SSSR count). The number of ether oxygens (including phenoxy) is 1. The molecule has 0 aromatic heterocycles. The van der Waals surface area contributed by atoms with Gasteiger partial charge in [0.15, 0.2) is 0 Å².